The van der Waals surface area contributed by atoms with E-state index < -0.39 is 0 Å². The molecule has 0 bridgehead atoms. The third-order valence-corrected chi connectivity index (χ3v) is 2.00. The normalized spacial score (nSPS) is 17.8. The van der Waals surface area contributed by atoms with Crippen molar-refractivity contribution < 1.29 is 14.6 Å². The van der Waals surface area contributed by atoms with E-state index in [1.807, 2.05) is 12.1 Å². The van der Waals surface area contributed by atoms with E-state index in [1.165, 1.54) is 0 Å². The van der Waals surface area contributed by atoms with Crippen molar-refractivity contribution in [2.75, 3.05) is 13.2 Å². The fourth-order valence-electron chi connectivity index (χ4n) is 1.40. The van der Waals surface area contributed by atoms with Crippen LogP contribution in [0, 0.1) is 0 Å². The Hall–Kier alpha value is -1.06. The smallest absolute Gasteiger partial charge is 0.161 e. The predicted octanol–water partition coefficient (Wildman–Crippen LogP) is 1.31. The van der Waals surface area contributed by atoms with E-state index in [0.29, 0.717) is 19.6 Å². The highest BCUT2D eigenvalue weighted by Crippen LogP contribution is 2.15. The van der Waals surface area contributed by atoms with Gasteiger partial charge in [-0.25, -0.2) is 0 Å². The lowest BCUT2D eigenvalue weighted by molar-refractivity contribution is -0.0400. The Balaban J connectivity index is 2.00. The molecule has 1 aromatic carbocycles. The minimum atomic E-state index is -0.137. The SMILES string of the molecule is Oc1cccc(CC2OCCO2)c1. The maximum atomic E-state index is 9.21. The highest BCUT2D eigenvalue weighted by molar-refractivity contribution is 5.27. The number of hydrogen-bond donors (Lipinski definition) is 1. The van der Waals surface area contributed by atoms with Crippen molar-refractivity contribution in [1.82, 2.24) is 0 Å². The van der Waals surface area contributed by atoms with Crippen LogP contribution >= 0.6 is 0 Å². The maximum Gasteiger partial charge on any atom is 0.161 e. The van der Waals surface area contributed by atoms with Crippen LogP contribution in [0.3, 0.4) is 0 Å². The number of rotatable bonds is 2. The monoisotopic (exact) mass is 180 g/mol. The fraction of sp³-hybridized carbons (Fsp3) is 0.400. The van der Waals surface area contributed by atoms with Crippen LogP contribution in [0.15, 0.2) is 24.3 Å². The maximum absolute atomic E-state index is 9.21. The molecule has 0 radical (unpaired) electrons. The van der Waals surface area contributed by atoms with Gasteiger partial charge in [0, 0.05) is 6.42 Å². The summed E-state index contributed by atoms with van der Waals surface area (Å²) in [6.45, 7) is 1.34. The van der Waals surface area contributed by atoms with E-state index in [2.05, 4.69) is 0 Å². The molecule has 2 rings (SSSR count). The fourth-order valence-corrected chi connectivity index (χ4v) is 1.40. The van der Waals surface area contributed by atoms with E-state index in [1.54, 1.807) is 12.1 Å². The Morgan fingerprint density at radius 1 is 1.31 bits per heavy atom. The molecule has 1 fully saturated rings. The van der Waals surface area contributed by atoms with Crippen molar-refractivity contribution in [1.29, 1.82) is 0 Å². The molecular weight excluding hydrogens is 168 g/mol. The van der Waals surface area contributed by atoms with Gasteiger partial charge >= 0.3 is 0 Å². The molecule has 1 aliphatic heterocycles. The summed E-state index contributed by atoms with van der Waals surface area (Å²) in [5.41, 5.74) is 1.03. The van der Waals surface area contributed by atoms with Gasteiger partial charge in [-0.2, -0.15) is 0 Å². The lowest BCUT2D eigenvalue weighted by Crippen LogP contribution is -2.10. The van der Waals surface area contributed by atoms with Crippen LogP contribution < -0.4 is 0 Å². The summed E-state index contributed by atoms with van der Waals surface area (Å²) >= 11 is 0. The molecule has 0 spiro atoms. The Kier molecular flexibility index (Phi) is 2.47. The van der Waals surface area contributed by atoms with E-state index >= 15 is 0 Å². The zero-order chi connectivity index (χ0) is 9.10. The number of benzene rings is 1. The van der Waals surface area contributed by atoms with Gasteiger partial charge in [0.05, 0.1) is 13.2 Å². The van der Waals surface area contributed by atoms with Crippen molar-refractivity contribution in [2.24, 2.45) is 0 Å². The molecule has 0 atom stereocenters. The van der Waals surface area contributed by atoms with E-state index in [0.717, 1.165) is 5.56 Å². The van der Waals surface area contributed by atoms with Gasteiger partial charge in [0.15, 0.2) is 6.29 Å². The van der Waals surface area contributed by atoms with E-state index in [9.17, 15) is 5.11 Å². The van der Waals surface area contributed by atoms with Crippen LogP contribution in [0.25, 0.3) is 0 Å². The summed E-state index contributed by atoms with van der Waals surface area (Å²) < 4.78 is 10.6. The lowest BCUT2D eigenvalue weighted by Gasteiger charge is -2.08. The molecule has 0 aliphatic carbocycles. The molecule has 1 heterocycles. The molecule has 0 saturated carbocycles. The van der Waals surface area contributed by atoms with Crippen molar-refractivity contribution >= 4 is 0 Å². The van der Waals surface area contributed by atoms with Gasteiger partial charge < -0.3 is 14.6 Å². The standard InChI is InChI=1S/C10H12O3/c11-9-3-1-2-8(6-9)7-10-12-4-5-13-10/h1-3,6,10-11H,4-5,7H2. The topological polar surface area (TPSA) is 38.7 Å². The first-order valence-electron chi connectivity index (χ1n) is 4.36. The van der Waals surface area contributed by atoms with Gasteiger partial charge in [0.25, 0.3) is 0 Å². The Labute approximate surface area is 76.9 Å². The first-order chi connectivity index (χ1) is 6.34. The molecule has 1 aromatic rings. The molecule has 0 amide bonds. The second-order valence-electron chi connectivity index (χ2n) is 3.05. The second kappa shape index (κ2) is 3.77. The first kappa shape index (κ1) is 8.53. The van der Waals surface area contributed by atoms with Gasteiger partial charge in [-0.15, -0.1) is 0 Å². The number of aromatic hydroxyl groups is 1. The van der Waals surface area contributed by atoms with Crippen LogP contribution in [0.4, 0.5) is 0 Å². The van der Waals surface area contributed by atoms with Crippen LogP contribution in [0.2, 0.25) is 0 Å². The van der Waals surface area contributed by atoms with Gasteiger partial charge in [0.1, 0.15) is 5.75 Å². The highest BCUT2D eigenvalue weighted by atomic mass is 16.7. The summed E-state index contributed by atoms with van der Waals surface area (Å²) in [5.74, 6) is 0.287. The molecule has 0 aromatic heterocycles. The molecule has 3 nitrogen and oxygen atoms in total. The van der Waals surface area contributed by atoms with E-state index in [4.69, 9.17) is 9.47 Å². The quantitative estimate of drug-likeness (QED) is 0.745. The summed E-state index contributed by atoms with van der Waals surface area (Å²) in [4.78, 5) is 0. The van der Waals surface area contributed by atoms with Crippen LogP contribution in [0.1, 0.15) is 5.56 Å². The Morgan fingerprint density at radius 3 is 2.77 bits per heavy atom. The van der Waals surface area contributed by atoms with Gasteiger partial charge in [-0.1, -0.05) is 12.1 Å². The highest BCUT2D eigenvalue weighted by Gasteiger charge is 2.16. The van der Waals surface area contributed by atoms with E-state index in [-0.39, 0.29) is 12.0 Å². The molecule has 1 saturated heterocycles. The molecule has 70 valence electrons. The summed E-state index contributed by atoms with van der Waals surface area (Å²) in [5, 5.41) is 9.21. The average Bonchev–Trinajstić information content (AvgIpc) is 2.57. The summed E-state index contributed by atoms with van der Waals surface area (Å²) in [7, 11) is 0. The summed E-state index contributed by atoms with van der Waals surface area (Å²) in [6.07, 6.45) is 0.566. The third-order valence-electron chi connectivity index (χ3n) is 2.00. The molecule has 13 heavy (non-hydrogen) atoms. The predicted molar refractivity (Wildman–Crippen MR) is 47.5 cm³/mol. The zero-order valence-electron chi connectivity index (χ0n) is 7.27. The van der Waals surface area contributed by atoms with Gasteiger partial charge in [0.2, 0.25) is 0 Å². The van der Waals surface area contributed by atoms with Crippen molar-refractivity contribution in [3.63, 3.8) is 0 Å². The lowest BCUT2D eigenvalue weighted by atomic mass is 10.1. The number of hydrogen-bond acceptors (Lipinski definition) is 3. The number of ether oxygens (including phenoxy) is 2. The molecule has 1 aliphatic rings. The Bertz CT molecular complexity index is 279. The minimum absolute atomic E-state index is 0.137. The van der Waals surface area contributed by atoms with Crippen molar-refractivity contribution in [3.8, 4) is 5.75 Å². The van der Waals surface area contributed by atoms with Crippen LogP contribution in [-0.4, -0.2) is 24.6 Å². The zero-order valence-corrected chi connectivity index (χ0v) is 7.27. The summed E-state index contributed by atoms with van der Waals surface area (Å²) in [6, 6.07) is 7.15. The van der Waals surface area contributed by atoms with Gasteiger partial charge in [-0.05, 0) is 17.7 Å². The minimum Gasteiger partial charge on any atom is -0.508 e. The second-order valence-corrected chi connectivity index (χ2v) is 3.05. The third kappa shape index (κ3) is 2.20. The molecule has 1 N–H and O–H groups in total. The van der Waals surface area contributed by atoms with Crippen molar-refractivity contribution in [3.05, 3.63) is 29.8 Å². The van der Waals surface area contributed by atoms with Crippen molar-refractivity contribution in [2.45, 2.75) is 12.7 Å². The van der Waals surface area contributed by atoms with Gasteiger partial charge in [-0.3, -0.25) is 0 Å². The van der Waals surface area contributed by atoms with Crippen LogP contribution in [-0.2, 0) is 15.9 Å². The number of phenols is 1. The number of phenolic OH excluding ortho intramolecular Hbond substituents is 1. The van der Waals surface area contributed by atoms with Crippen LogP contribution in [0.5, 0.6) is 5.75 Å². The largest absolute Gasteiger partial charge is 0.508 e. The average molecular weight is 180 g/mol. The molecule has 0 unspecified atom stereocenters. The molecule has 3 heteroatoms. The Morgan fingerprint density at radius 2 is 2.08 bits per heavy atom. The molecular formula is C10H12O3. The first-order valence-corrected chi connectivity index (χ1v) is 4.36.